The lowest BCUT2D eigenvalue weighted by molar-refractivity contribution is -0.108. The average molecular weight is 139 g/mol. The van der Waals surface area contributed by atoms with Gasteiger partial charge in [0, 0.05) is 5.70 Å². The van der Waals surface area contributed by atoms with Crippen molar-refractivity contribution in [1.82, 2.24) is 5.32 Å². The number of rotatable bonds is 3. The van der Waals surface area contributed by atoms with Crippen LogP contribution in [0, 0.1) is 0 Å². The fraction of sp³-hybridized carbons (Fsp3) is 0.375. The van der Waals surface area contributed by atoms with Crippen LogP contribution in [0.3, 0.4) is 0 Å². The molecule has 0 heterocycles. The molecule has 2 heteroatoms. The first-order valence-electron chi connectivity index (χ1n) is 3.22. The molecule has 0 spiro atoms. The Labute approximate surface area is 61.6 Å². The van der Waals surface area contributed by atoms with Crippen LogP contribution in [0.25, 0.3) is 0 Å². The topological polar surface area (TPSA) is 29.1 Å². The van der Waals surface area contributed by atoms with Crippen LogP contribution in [0.1, 0.15) is 20.8 Å². The molecule has 2 nitrogen and oxygen atoms in total. The highest BCUT2D eigenvalue weighted by Gasteiger charge is 1.85. The summed E-state index contributed by atoms with van der Waals surface area (Å²) in [4.78, 5) is 9.97. The van der Waals surface area contributed by atoms with E-state index in [1.807, 2.05) is 32.9 Å². The van der Waals surface area contributed by atoms with E-state index in [0.717, 1.165) is 5.70 Å². The van der Waals surface area contributed by atoms with Crippen molar-refractivity contribution < 1.29 is 4.79 Å². The number of allylic oxidation sites excluding steroid dienone is 3. The fourth-order valence-corrected chi connectivity index (χ4v) is 0.587. The van der Waals surface area contributed by atoms with Crippen molar-refractivity contribution in [3.63, 3.8) is 0 Å². The zero-order valence-corrected chi connectivity index (χ0v) is 6.64. The van der Waals surface area contributed by atoms with Crippen LogP contribution in [0.5, 0.6) is 0 Å². The van der Waals surface area contributed by atoms with Gasteiger partial charge in [0.15, 0.2) is 0 Å². The Bertz CT molecular complexity index is 164. The Hall–Kier alpha value is -1.05. The van der Waals surface area contributed by atoms with Crippen molar-refractivity contribution in [2.45, 2.75) is 20.8 Å². The molecular formula is C8H13NO. The Kier molecular flexibility index (Phi) is 4.29. The second-order valence-electron chi connectivity index (χ2n) is 2.23. The molecule has 0 aliphatic carbocycles. The second kappa shape index (κ2) is 4.79. The first-order valence-corrected chi connectivity index (χ1v) is 3.22. The van der Waals surface area contributed by atoms with Gasteiger partial charge in [-0.25, -0.2) is 0 Å². The van der Waals surface area contributed by atoms with Gasteiger partial charge < -0.3 is 5.32 Å². The van der Waals surface area contributed by atoms with E-state index in [1.54, 1.807) is 0 Å². The summed E-state index contributed by atoms with van der Waals surface area (Å²) in [6.45, 7) is 5.84. The highest BCUT2D eigenvalue weighted by atomic mass is 16.1. The summed E-state index contributed by atoms with van der Waals surface area (Å²) in [5.74, 6) is 0. The minimum Gasteiger partial charge on any atom is -0.329 e. The van der Waals surface area contributed by atoms with Gasteiger partial charge in [0.25, 0.3) is 0 Å². The van der Waals surface area contributed by atoms with Gasteiger partial charge in [-0.2, -0.15) is 0 Å². The smallest absolute Gasteiger partial charge is 0.211 e. The fourth-order valence-electron chi connectivity index (χ4n) is 0.587. The monoisotopic (exact) mass is 139 g/mol. The lowest BCUT2D eigenvalue weighted by Gasteiger charge is -1.97. The van der Waals surface area contributed by atoms with Crippen molar-refractivity contribution in [3.05, 3.63) is 23.4 Å². The lowest BCUT2D eigenvalue weighted by Crippen LogP contribution is -2.07. The number of nitrogens with one attached hydrogen (secondary N) is 1. The Morgan fingerprint density at radius 2 is 2.00 bits per heavy atom. The molecule has 0 rings (SSSR count). The van der Waals surface area contributed by atoms with Crippen LogP contribution in [-0.4, -0.2) is 6.41 Å². The SMILES string of the molecule is C/C=C(\C=C(C)C)NC=O. The predicted molar refractivity (Wildman–Crippen MR) is 42.4 cm³/mol. The molecule has 0 fully saturated rings. The molecule has 0 aromatic rings. The van der Waals surface area contributed by atoms with E-state index in [9.17, 15) is 4.79 Å². The van der Waals surface area contributed by atoms with Crippen molar-refractivity contribution in [1.29, 1.82) is 0 Å². The number of amides is 1. The van der Waals surface area contributed by atoms with Gasteiger partial charge in [-0.05, 0) is 26.8 Å². The van der Waals surface area contributed by atoms with Crippen LogP contribution in [0.15, 0.2) is 23.4 Å². The molecule has 1 N–H and O–H groups in total. The van der Waals surface area contributed by atoms with E-state index in [2.05, 4.69) is 5.32 Å². The third kappa shape index (κ3) is 3.89. The summed E-state index contributed by atoms with van der Waals surface area (Å²) < 4.78 is 0. The van der Waals surface area contributed by atoms with Crippen LogP contribution in [0.2, 0.25) is 0 Å². The number of carbonyl (C=O) groups is 1. The highest BCUT2D eigenvalue weighted by molar-refractivity contribution is 5.51. The Morgan fingerprint density at radius 1 is 1.40 bits per heavy atom. The molecule has 0 radical (unpaired) electrons. The zero-order chi connectivity index (χ0) is 7.98. The first-order chi connectivity index (χ1) is 4.70. The van der Waals surface area contributed by atoms with Crippen molar-refractivity contribution in [3.8, 4) is 0 Å². The standard InChI is InChI=1S/C8H13NO/c1-4-8(9-6-10)5-7(2)3/h4-6H,1-3H3,(H,9,10)/b8-4+. The molecule has 0 aromatic carbocycles. The quantitative estimate of drug-likeness (QED) is 0.467. The molecule has 0 aliphatic heterocycles. The number of carbonyl (C=O) groups excluding carboxylic acids is 1. The second-order valence-corrected chi connectivity index (χ2v) is 2.23. The van der Waals surface area contributed by atoms with Gasteiger partial charge in [0.1, 0.15) is 0 Å². The largest absolute Gasteiger partial charge is 0.329 e. The average Bonchev–Trinajstić information content (AvgIpc) is 1.86. The summed E-state index contributed by atoms with van der Waals surface area (Å²) in [5.41, 5.74) is 2.01. The third-order valence-corrected chi connectivity index (χ3v) is 0.981. The van der Waals surface area contributed by atoms with Crippen LogP contribution < -0.4 is 5.32 Å². The molecule has 0 saturated heterocycles. The molecule has 0 atom stereocenters. The summed E-state index contributed by atoms with van der Waals surface area (Å²) in [5, 5.41) is 2.57. The summed E-state index contributed by atoms with van der Waals surface area (Å²) >= 11 is 0. The minimum absolute atomic E-state index is 0.675. The van der Waals surface area contributed by atoms with Crippen molar-refractivity contribution in [2.75, 3.05) is 0 Å². The highest BCUT2D eigenvalue weighted by Crippen LogP contribution is 1.96. The molecule has 0 unspecified atom stereocenters. The molecule has 10 heavy (non-hydrogen) atoms. The minimum atomic E-state index is 0.675. The molecule has 0 aliphatic rings. The number of hydrogen-bond donors (Lipinski definition) is 1. The van der Waals surface area contributed by atoms with Gasteiger partial charge in [-0.15, -0.1) is 0 Å². The Balaban J connectivity index is 4.10. The lowest BCUT2D eigenvalue weighted by atomic mass is 10.2. The predicted octanol–water partition coefficient (Wildman–Crippen LogP) is 1.60. The van der Waals surface area contributed by atoms with Crippen LogP contribution in [0.4, 0.5) is 0 Å². The molecule has 1 amide bonds. The van der Waals surface area contributed by atoms with E-state index in [1.165, 1.54) is 5.57 Å². The molecule has 56 valence electrons. The number of hydrogen-bond acceptors (Lipinski definition) is 1. The van der Waals surface area contributed by atoms with E-state index in [4.69, 9.17) is 0 Å². The van der Waals surface area contributed by atoms with E-state index in [0.29, 0.717) is 6.41 Å². The summed E-state index contributed by atoms with van der Waals surface area (Å²) in [6.07, 6.45) is 4.44. The van der Waals surface area contributed by atoms with Crippen LogP contribution >= 0.6 is 0 Å². The third-order valence-electron chi connectivity index (χ3n) is 0.981. The zero-order valence-electron chi connectivity index (χ0n) is 6.64. The van der Waals surface area contributed by atoms with Gasteiger partial charge in [-0.1, -0.05) is 11.6 Å². The Morgan fingerprint density at radius 3 is 2.30 bits per heavy atom. The molecular weight excluding hydrogens is 126 g/mol. The van der Waals surface area contributed by atoms with Crippen molar-refractivity contribution in [2.24, 2.45) is 0 Å². The maximum absolute atomic E-state index is 9.97. The van der Waals surface area contributed by atoms with E-state index < -0.39 is 0 Å². The van der Waals surface area contributed by atoms with Gasteiger partial charge >= 0.3 is 0 Å². The van der Waals surface area contributed by atoms with Crippen molar-refractivity contribution >= 4 is 6.41 Å². The normalized spacial score (nSPS) is 10.5. The van der Waals surface area contributed by atoms with E-state index in [-0.39, 0.29) is 0 Å². The molecule has 0 saturated carbocycles. The van der Waals surface area contributed by atoms with Crippen LogP contribution in [-0.2, 0) is 4.79 Å². The van der Waals surface area contributed by atoms with Gasteiger partial charge in [0.05, 0.1) is 0 Å². The maximum atomic E-state index is 9.97. The molecule has 0 bridgehead atoms. The van der Waals surface area contributed by atoms with Gasteiger partial charge in [0.2, 0.25) is 6.41 Å². The summed E-state index contributed by atoms with van der Waals surface area (Å²) in [6, 6.07) is 0. The molecule has 0 aromatic heterocycles. The van der Waals surface area contributed by atoms with E-state index >= 15 is 0 Å². The summed E-state index contributed by atoms with van der Waals surface area (Å²) in [7, 11) is 0. The maximum Gasteiger partial charge on any atom is 0.211 e. The first kappa shape index (κ1) is 8.95. The van der Waals surface area contributed by atoms with Gasteiger partial charge in [-0.3, -0.25) is 4.79 Å².